The first-order valence-electron chi connectivity index (χ1n) is 9.29. The SMILES string of the molecule is O=C(NN(c1ccccc1)c1ccccc1)[C@@H]1CCCN1C(=O)c1cccs1. The van der Waals surface area contributed by atoms with Gasteiger partial charge in [-0.2, -0.15) is 0 Å². The van der Waals surface area contributed by atoms with Crippen molar-refractivity contribution in [2.75, 3.05) is 11.6 Å². The number of likely N-dealkylation sites (tertiary alicyclic amines) is 1. The molecule has 1 atom stereocenters. The number of hydrazine groups is 1. The Hall–Kier alpha value is -3.12. The first-order valence-corrected chi connectivity index (χ1v) is 10.2. The minimum Gasteiger partial charge on any atom is -0.326 e. The van der Waals surface area contributed by atoms with E-state index in [1.807, 2.05) is 72.1 Å². The molecule has 1 saturated heterocycles. The fourth-order valence-electron chi connectivity index (χ4n) is 3.44. The van der Waals surface area contributed by atoms with Gasteiger partial charge in [0.15, 0.2) is 0 Å². The summed E-state index contributed by atoms with van der Waals surface area (Å²) in [6, 6.07) is 22.6. The molecule has 0 bridgehead atoms. The van der Waals surface area contributed by atoms with Crippen LogP contribution in [-0.2, 0) is 4.79 Å². The highest BCUT2D eigenvalue weighted by molar-refractivity contribution is 7.12. The summed E-state index contributed by atoms with van der Waals surface area (Å²) in [5, 5.41) is 3.65. The molecule has 4 rings (SSSR count). The quantitative estimate of drug-likeness (QED) is 0.663. The molecule has 0 spiro atoms. The zero-order valence-corrected chi connectivity index (χ0v) is 16.1. The second-order valence-corrected chi connectivity index (χ2v) is 7.56. The first-order chi connectivity index (χ1) is 13.7. The lowest BCUT2D eigenvalue weighted by Crippen LogP contribution is -2.50. The van der Waals surface area contributed by atoms with Crippen molar-refractivity contribution in [1.29, 1.82) is 0 Å². The van der Waals surface area contributed by atoms with Gasteiger partial charge in [-0.3, -0.25) is 20.0 Å². The molecular weight excluding hydrogens is 370 g/mol. The predicted molar refractivity (Wildman–Crippen MR) is 112 cm³/mol. The summed E-state index contributed by atoms with van der Waals surface area (Å²) in [7, 11) is 0. The highest BCUT2D eigenvalue weighted by atomic mass is 32.1. The molecular formula is C22H21N3O2S. The number of thiophene rings is 1. The molecule has 28 heavy (non-hydrogen) atoms. The molecule has 6 heteroatoms. The number of hydrogen-bond acceptors (Lipinski definition) is 4. The van der Waals surface area contributed by atoms with Crippen LogP contribution in [-0.4, -0.2) is 29.3 Å². The predicted octanol–water partition coefficient (Wildman–Crippen LogP) is 4.22. The van der Waals surface area contributed by atoms with E-state index < -0.39 is 6.04 Å². The molecule has 0 unspecified atom stereocenters. The standard InChI is InChI=1S/C22H21N3O2S/c26-21(19-13-7-15-24(19)22(27)20-14-8-16-28-20)23-25(17-9-3-1-4-10-17)18-11-5-2-6-12-18/h1-6,8-12,14,16,19H,7,13,15H2,(H,23,26)/t19-/m0/s1. The smallest absolute Gasteiger partial charge is 0.264 e. The zero-order chi connectivity index (χ0) is 19.3. The second kappa shape index (κ2) is 8.27. The molecule has 142 valence electrons. The number of benzene rings is 2. The third-order valence-corrected chi connectivity index (χ3v) is 5.66. The molecule has 1 aromatic heterocycles. The first kappa shape index (κ1) is 18.3. The average Bonchev–Trinajstić information content (AvgIpc) is 3.45. The molecule has 5 nitrogen and oxygen atoms in total. The zero-order valence-electron chi connectivity index (χ0n) is 15.3. The Balaban J connectivity index is 1.56. The molecule has 0 saturated carbocycles. The normalized spacial score (nSPS) is 16.0. The van der Waals surface area contributed by atoms with E-state index in [1.54, 1.807) is 16.0 Å². The van der Waals surface area contributed by atoms with Crippen molar-refractivity contribution in [2.45, 2.75) is 18.9 Å². The van der Waals surface area contributed by atoms with Crippen LogP contribution < -0.4 is 10.4 Å². The van der Waals surface area contributed by atoms with Crippen molar-refractivity contribution >= 4 is 34.5 Å². The molecule has 0 aliphatic carbocycles. The van der Waals surface area contributed by atoms with E-state index in [1.165, 1.54) is 11.3 Å². The maximum Gasteiger partial charge on any atom is 0.264 e. The van der Waals surface area contributed by atoms with Gasteiger partial charge in [0.1, 0.15) is 6.04 Å². The van der Waals surface area contributed by atoms with Gasteiger partial charge in [0, 0.05) is 6.54 Å². The Morgan fingerprint density at radius 2 is 1.57 bits per heavy atom. The topological polar surface area (TPSA) is 52.7 Å². The van der Waals surface area contributed by atoms with Gasteiger partial charge in [-0.1, -0.05) is 42.5 Å². The van der Waals surface area contributed by atoms with Gasteiger partial charge >= 0.3 is 0 Å². The summed E-state index contributed by atoms with van der Waals surface area (Å²) in [4.78, 5) is 28.3. The minimum absolute atomic E-state index is 0.0707. The van der Waals surface area contributed by atoms with Crippen LogP contribution in [0.5, 0.6) is 0 Å². The monoisotopic (exact) mass is 391 g/mol. The van der Waals surface area contributed by atoms with Crippen molar-refractivity contribution in [2.24, 2.45) is 0 Å². The maximum absolute atomic E-state index is 13.1. The van der Waals surface area contributed by atoms with E-state index >= 15 is 0 Å². The Morgan fingerprint density at radius 3 is 2.14 bits per heavy atom. The van der Waals surface area contributed by atoms with Crippen LogP contribution in [0.25, 0.3) is 0 Å². The third-order valence-electron chi connectivity index (χ3n) is 4.80. The molecule has 1 fully saturated rings. The molecule has 1 N–H and O–H groups in total. The van der Waals surface area contributed by atoms with E-state index in [-0.39, 0.29) is 11.8 Å². The fraction of sp³-hybridized carbons (Fsp3) is 0.182. The second-order valence-electron chi connectivity index (χ2n) is 6.62. The lowest BCUT2D eigenvalue weighted by atomic mass is 10.2. The van der Waals surface area contributed by atoms with Gasteiger partial charge in [-0.15, -0.1) is 11.3 Å². The summed E-state index contributed by atoms with van der Waals surface area (Å²) in [5.74, 6) is -0.242. The van der Waals surface area contributed by atoms with E-state index in [0.717, 1.165) is 17.8 Å². The van der Waals surface area contributed by atoms with Gasteiger partial charge in [-0.05, 0) is 48.6 Å². The van der Waals surface area contributed by atoms with Crippen molar-refractivity contribution in [1.82, 2.24) is 10.3 Å². The maximum atomic E-state index is 13.1. The van der Waals surface area contributed by atoms with Gasteiger partial charge in [-0.25, -0.2) is 0 Å². The van der Waals surface area contributed by atoms with Crippen LogP contribution in [0.2, 0.25) is 0 Å². The summed E-state index contributed by atoms with van der Waals surface area (Å²) in [6.45, 7) is 0.603. The molecule has 2 amide bonds. The largest absolute Gasteiger partial charge is 0.326 e. The van der Waals surface area contributed by atoms with Crippen molar-refractivity contribution in [3.05, 3.63) is 83.1 Å². The number of rotatable bonds is 5. The van der Waals surface area contributed by atoms with E-state index in [2.05, 4.69) is 5.43 Å². The Bertz CT molecular complexity index is 889. The fourth-order valence-corrected chi connectivity index (χ4v) is 4.12. The number of hydrogen-bond donors (Lipinski definition) is 1. The Labute approximate surface area is 168 Å². The van der Waals surface area contributed by atoms with E-state index in [0.29, 0.717) is 17.8 Å². The number of para-hydroxylation sites is 2. The van der Waals surface area contributed by atoms with Crippen LogP contribution in [0, 0.1) is 0 Å². The van der Waals surface area contributed by atoms with Gasteiger partial charge in [0.2, 0.25) is 0 Å². The molecule has 3 aromatic rings. The van der Waals surface area contributed by atoms with Gasteiger partial charge in [0.25, 0.3) is 11.8 Å². The molecule has 1 aliphatic rings. The third kappa shape index (κ3) is 3.77. The van der Waals surface area contributed by atoms with Crippen LogP contribution in [0.1, 0.15) is 22.5 Å². The van der Waals surface area contributed by atoms with Crippen molar-refractivity contribution in [3.63, 3.8) is 0 Å². The number of carbonyl (C=O) groups is 2. The Kier molecular flexibility index (Phi) is 5.39. The number of nitrogens with zero attached hydrogens (tertiary/aromatic N) is 2. The number of anilines is 2. The van der Waals surface area contributed by atoms with Crippen LogP contribution in [0.15, 0.2) is 78.2 Å². The molecule has 1 aliphatic heterocycles. The molecule has 2 heterocycles. The van der Waals surface area contributed by atoms with Crippen LogP contribution in [0.4, 0.5) is 11.4 Å². The molecule has 0 radical (unpaired) electrons. The van der Waals surface area contributed by atoms with Crippen LogP contribution >= 0.6 is 11.3 Å². The van der Waals surface area contributed by atoms with Crippen molar-refractivity contribution < 1.29 is 9.59 Å². The van der Waals surface area contributed by atoms with E-state index in [9.17, 15) is 9.59 Å². The number of nitrogens with one attached hydrogen (secondary N) is 1. The summed E-state index contributed by atoms with van der Waals surface area (Å²) in [6.07, 6.45) is 1.49. The van der Waals surface area contributed by atoms with Crippen molar-refractivity contribution in [3.8, 4) is 0 Å². The van der Waals surface area contributed by atoms with Gasteiger partial charge in [0.05, 0.1) is 16.3 Å². The Morgan fingerprint density at radius 1 is 0.929 bits per heavy atom. The average molecular weight is 391 g/mol. The number of carbonyl (C=O) groups excluding carboxylic acids is 2. The number of amides is 2. The van der Waals surface area contributed by atoms with E-state index in [4.69, 9.17) is 0 Å². The summed E-state index contributed by atoms with van der Waals surface area (Å²) in [5.41, 5.74) is 4.74. The van der Waals surface area contributed by atoms with Crippen LogP contribution in [0.3, 0.4) is 0 Å². The summed E-state index contributed by atoms with van der Waals surface area (Å²) >= 11 is 1.41. The highest BCUT2D eigenvalue weighted by Gasteiger charge is 2.35. The van der Waals surface area contributed by atoms with Gasteiger partial charge < -0.3 is 4.90 Å². The lowest BCUT2D eigenvalue weighted by molar-refractivity contribution is -0.124. The summed E-state index contributed by atoms with van der Waals surface area (Å²) < 4.78 is 0. The molecule has 2 aromatic carbocycles. The minimum atomic E-state index is -0.468. The lowest BCUT2D eigenvalue weighted by Gasteiger charge is -2.29. The highest BCUT2D eigenvalue weighted by Crippen LogP contribution is 2.25.